The number of benzene rings is 2. The molecule has 4 rings (SSSR count). The summed E-state index contributed by atoms with van der Waals surface area (Å²) in [5.74, 6) is -0.347. The molecule has 170 valence electrons. The van der Waals surface area contributed by atoms with E-state index in [0.717, 1.165) is 9.77 Å². The van der Waals surface area contributed by atoms with Crippen molar-refractivity contribution in [1.29, 1.82) is 0 Å². The number of thioether (sulfide) groups is 1. The maximum Gasteiger partial charge on any atom is 0.345 e. The summed E-state index contributed by atoms with van der Waals surface area (Å²) >= 11 is 2.78. The lowest BCUT2D eigenvalue weighted by Gasteiger charge is -2.29. The number of ketones is 1. The van der Waals surface area contributed by atoms with Crippen molar-refractivity contribution in [3.63, 3.8) is 0 Å². The summed E-state index contributed by atoms with van der Waals surface area (Å²) in [5, 5.41) is 0. The number of rotatable bonds is 4. The zero-order valence-electron chi connectivity index (χ0n) is 18.7. The molecule has 0 aliphatic heterocycles. The van der Waals surface area contributed by atoms with E-state index in [1.54, 1.807) is 0 Å². The van der Waals surface area contributed by atoms with Crippen LogP contribution in [-0.2, 0) is 6.42 Å². The molecule has 3 aromatic rings. The molecule has 2 N–H and O–H groups in total. The first-order chi connectivity index (χ1) is 15.8. The Morgan fingerprint density at radius 2 is 1.52 bits per heavy atom. The standard InChI is InChI=1S/C25H25N3O3S2/c1-25(2)14-18-20(19(29)15-25)23(32-3)33-21(18)22(30)26-27-24(31)28(16-10-6-4-7-11-16)17-12-8-5-9-13-17/h4-13H,14-15H2,1-3H3,(H,26,30)(H,27,31). The number of nitrogens with one attached hydrogen (secondary N) is 2. The van der Waals surface area contributed by atoms with Gasteiger partial charge in [-0.05, 0) is 47.9 Å². The Labute approximate surface area is 201 Å². The van der Waals surface area contributed by atoms with Crippen molar-refractivity contribution in [2.24, 2.45) is 5.41 Å². The summed E-state index contributed by atoms with van der Waals surface area (Å²) in [5.41, 5.74) is 7.67. The lowest BCUT2D eigenvalue weighted by Crippen LogP contribution is -2.47. The first-order valence-electron chi connectivity index (χ1n) is 10.5. The van der Waals surface area contributed by atoms with Gasteiger partial charge in [0.15, 0.2) is 5.78 Å². The summed E-state index contributed by atoms with van der Waals surface area (Å²) < 4.78 is 0.845. The summed E-state index contributed by atoms with van der Waals surface area (Å²) in [6.45, 7) is 4.07. The maximum atomic E-state index is 13.1. The summed E-state index contributed by atoms with van der Waals surface area (Å²) in [7, 11) is 0. The fraction of sp³-hybridized carbons (Fsp3) is 0.240. The molecule has 0 spiro atoms. The van der Waals surface area contributed by atoms with Crippen LogP contribution in [0.2, 0.25) is 0 Å². The molecule has 0 bridgehead atoms. The summed E-state index contributed by atoms with van der Waals surface area (Å²) in [6.07, 6.45) is 3.01. The molecule has 0 fully saturated rings. The van der Waals surface area contributed by atoms with Gasteiger partial charge in [-0.2, -0.15) is 0 Å². The molecule has 6 nitrogen and oxygen atoms in total. The average Bonchev–Trinajstić information content (AvgIpc) is 3.17. The average molecular weight is 480 g/mol. The number of para-hydroxylation sites is 2. The number of carbonyl (C=O) groups excluding carboxylic acids is 3. The molecule has 33 heavy (non-hydrogen) atoms. The third-order valence-electron chi connectivity index (χ3n) is 5.45. The second kappa shape index (κ2) is 9.41. The first kappa shape index (κ1) is 23.1. The lowest BCUT2D eigenvalue weighted by atomic mass is 9.74. The van der Waals surface area contributed by atoms with Gasteiger partial charge >= 0.3 is 6.03 Å². The number of carbonyl (C=O) groups is 3. The zero-order valence-corrected chi connectivity index (χ0v) is 20.3. The van der Waals surface area contributed by atoms with E-state index in [2.05, 4.69) is 10.9 Å². The molecule has 0 radical (unpaired) electrons. The Bertz CT molecular complexity index is 1150. The number of Topliss-reactive ketones (excluding diaryl/α,β-unsaturated/α-hetero) is 1. The molecular formula is C25H25N3O3S2. The summed E-state index contributed by atoms with van der Waals surface area (Å²) in [4.78, 5) is 41.0. The van der Waals surface area contributed by atoms with Crippen LogP contribution in [0.3, 0.4) is 0 Å². The Kier molecular flexibility index (Phi) is 6.58. The number of nitrogens with zero attached hydrogens (tertiary/aromatic N) is 1. The largest absolute Gasteiger partial charge is 0.345 e. The van der Waals surface area contributed by atoms with Crippen molar-refractivity contribution < 1.29 is 14.4 Å². The molecule has 3 amide bonds. The second-order valence-electron chi connectivity index (χ2n) is 8.61. The number of amides is 3. The molecule has 2 aromatic carbocycles. The minimum absolute atomic E-state index is 0.0734. The third-order valence-corrected chi connectivity index (χ3v) is 7.80. The Balaban J connectivity index is 1.57. The van der Waals surface area contributed by atoms with Gasteiger partial charge in [-0.1, -0.05) is 50.2 Å². The van der Waals surface area contributed by atoms with E-state index in [9.17, 15) is 14.4 Å². The van der Waals surface area contributed by atoms with Gasteiger partial charge in [0.05, 0.1) is 20.5 Å². The molecule has 1 aromatic heterocycles. The molecule has 1 aliphatic rings. The van der Waals surface area contributed by atoms with Crippen LogP contribution in [-0.4, -0.2) is 24.0 Å². The van der Waals surface area contributed by atoms with Crippen LogP contribution in [0.1, 0.15) is 45.9 Å². The normalized spacial score (nSPS) is 14.3. The monoisotopic (exact) mass is 479 g/mol. The van der Waals surface area contributed by atoms with Gasteiger partial charge in [0.2, 0.25) is 0 Å². The molecular weight excluding hydrogens is 454 g/mol. The molecule has 0 saturated heterocycles. The van der Waals surface area contributed by atoms with E-state index < -0.39 is 11.9 Å². The van der Waals surface area contributed by atoms with Crippen molar-refractivity contribution in [3.05, 3.63) is 76.7 Å². The Hall–Kier alpha value is -3.10. The molecule has 0 unspecified atom stereocenters. The van der Waals surface area contributed by atoms with Gasteiger partial charge in [-0.15, -0.1) is 23.1 Å². The molecule has 0 atom stereocenters. The van der Waals surface area contributed by atoms with Crippen LogP contribution in [0, 0.1) is 5.41 Å². The van der Waals surface area contributed by atoms with Gasteiger partial charge in [0, 0.05) is 12.0 Å². The van der Waals surface area contributed by atoms with Crippen molar-refractivity contribution in [2.45, 2.75) is 30.9 Å². The minimum Gasteiger partial charge on any atom is -0.294 e. The van der Waals surface area contributed by atoms with Crippen LogP contribution < -0.4 is 15.8 Å². The van der Waals surface area contributed by atoms with Crippen LogP contribution in [0.4, 0.5) is 16.2 Å². The SMILES string of the molecule is CSc1sc(C(=O)NNC(=O)N(c2ccccc2)c2ccccc2)c2c1C(=O)CC(C)(C)C2. The van der Waals surface area contributed by atoms with Crippen LogP contribution >= 0.6 is 23.1 Å². The van der Waals surface area contributed by atoms with Gasteiger partial charge in [0.1, 0.15) is 0 Å². The van der Waals surface area contributed by atoms with Gasteiger partial charge in [-0.25, -0.2) is 10.2 Å². The Morgan fingerprint density at radius 1 is 0.939 bits per heavy atom. The number of thiophene rings is 1. The smallest absolute Gasteiger partial charge is 0.294 e. The molecule has 0 saturated carbocycles. The topological polar surface area (TPSA) is 78.5 Å². The number of anilines is 2. The number of hydrazine groups is 1. The van der Waals surface area contributed by atoms with E-state index in [-0.39, 0.29) is 11.2 Å². The highest BCUT2D eigenvalue weighted by Gasteiger charge is 2.37. The highest BCUT2D eigenvalue weighted by atomic mass is 32.2. The number of hydrogen-bond donors (Lipinski definition) is 2. The molecule has 8 heteroatoms. The maximum absolute atomic E-state index is 13.1. The molecule has 1 aliphatic carbocycles. The second-order valence-corrected chi connectivity index (χ2v) is 10.7. The fourth-order valence-corrected chi connectivity index (χ4v) is 6.03. The van der Waals surface area contributed by atoms with E-state index in [1.807, 2.05) is 80.8 Å². The van der Waals surface area contributed by atoms with E-state index in [0.29, 0.717) is 34.7 Å². The van der Waals surface area contributed by atoms with Crippen molar-refractivity contribution in [2.75, 3.05) is 11.2 Å². The quantitative estimate of drug-likeness (QED) is 0.365. The highest BCUT2D eigenvalue weighted by Crippen LogP contribution is 2.44. The highest BCUT2D eigenvalue weighted by molar-refractivity contribution is 8.00. The van der Waals surface area contributed by atoms with Crippen molar-refractivity contribution in [1.82, 2.24) is 10.9 Å². The predicted octanol–water partition coefficient (Wildman–Crippen LogP) is 5.82. The minimum atomic E-state index is -0.493. The fourth-order valence-electron chi connectivity index (χ4n) is 4.04. The zero-order chi connectivity index (χ0) is 23.6. The van der Waals surface area contributed by atoms with Gasteiger partial charge < -0.3 is 0 Å². The first-order valence-corrected chi connectivity index (χ1v) is 12.6. The van der Waals surface area contributed by atoms with Crippen LogP contribution in [0.15, 0.2) is 64.9 Å². The lowest BCUT2D eigenvalue weighted by molar-refractivity contribution is 0.0908. The van der Waals surface area contributed by atoms with Gasteiger partial charge in [0.25, 0.3) is 5.91 Å². The van der Waals surface area contributed by atoms with Crippen LogP contribution in [0.5, 0.6) is 0 Å². The van der Waals surface area contributed by atoms with Crippen LogP contribution in [0.25, 0.3) is 0 Å². The number of hydrogen-bond acceptors (Lipinski definition) is 5. The number of fused-ring (bicyclic) bond motifs is 1. The number of urea groups is 1. The van der Waals surface area contributed by atoms with Crippen molar-refractivity contribution in [3.8, 4) is 0 Å². The van der Waals surface area contributed by atoms with Gasteiger partial charge in [-0.3, -0.25) is 19.9 Å². The van der Waals surface area contributed by atoms with E-state index in [1.165, 1.54) is 28.0 Å². The molecule has 1 heterocycles. The Morgan fingerprint density at radius 3 is 2.06 bits per heavy atom. The van der Waals surface area contributed by atoms with Crippen molar-refractivity contribution >= 4 is 52.2 Å². The predicted molar refractivity (Wildman–Crippen MR) is 134 cm³/mol. The summed E-state index contributed by atoms with van der Waals surface area (Å²) in [6, 6.07) is 17.9. The van der Waals surface area contributed by atoms with E-state index in [4.69, 9.17) is 0 Å². The third kappa shape index (κ3) is 4.82. The van der Waals surface area contributed by atoms with E-state index >= 15 is 0 Å².